The molecular weight excluding hydrogens is 462 g/mol. The SMILES string of the molecule is CCC(C)C(N)C(=O)NC(C(=O)NC(CCSC)C(=O)NC(CCC(N)=O)C(=O)O)C(C)CC. The minimum absolute atomic E-state index is 0.0749. The lowest BCUT2D eigenvalue weighted by Crippen LogP contribution is -2.59. The summed E-state index contributed by atoms with van der Waals surface area (Å²) in [5, 5.41) is 17.1. The fourth-order valence-corrected chi connectivity index (χ4v) is 3.52. The van der Waals surface area contributed by atoms with Crippen LogP contribution >= 0.6 is 11.8 Å². The van der Waals surface area contributed by atoms with E-state index in [1.165, 1.54) is 11.8 Å². The van der Waals surface area contributed by atoms with Crippen molar-refractivity contribution in [3.05, 3.63) is 0 Å². The van der Waals surface area contributed by atoms with Gasteiger partial charge >= 0.3 is 5.97 Å². The third kappa shape index (κ3) is 11.2. The third-order valence-corrected chi connectivity index (χ3v) is 6.53. The molecule has 12 heteroatoms. The largest absolute Gasteiger partial charge is 0.480 e. The normalized spacial score (nSPS) is 16.3. The van der Waals surface area contributed by atoms with E-state index in [0.29, 0.717) is 18.6 Å². The number of hydrogen-bond donors (Lipinski definition) is 6. The van der Waals surface area contributed by atoms with Crippen LogP contribution in [0, 0.1) is 11.8 Å². The Morgan fingerprint density at radius 2 is 1.41 bits per heavy atom. The van der Waals surface area contributed by atoms with Gasteiger partial charge in [-0.25, -0.2) is 4.79 Å². The van der Waals surface area contributed by atoms with Gasteiger partial charge in [-0.2, -0.15) is 11.8 Å². The second kappa shape index (κ2) is 16.3. The summed E-state index contributed by atoms with van der Waals surface area (Å²) < 4.78 is 0. The van der Waals surface area contributed by atoms with Crippen LogP contribution in [-0.4, -0.2) is 70.9 Å². The van der Waals surface area contributed by atoms with Gasteiger partial charge in [0.15, 0.2) is 0 Å². The highest BCUT2D eigenvalue weighted by Gasteiger charge is 2.33. The minimum Gasteiger partial charge on any atom is -0.480 e. The van der Waals surface area contributed by atoms with Crippen LogP contribution in [0.15, 0.2) is 0 Å². The summed E-state index contributed by atoms with van der Waals surface area (Å²) in [6.07, 6.45) is 2.99. The first kappa shape index (κ1) is 31.7. The van der Waals surface area contributed by atoms with Crippen LogP contribution in [0.4, 0.5) is 0 Å². The summed E-state index contributed by atoms with van der Waals surface area (Å²) >= 11 is 1.46. The van der Waals surface area contributed by atoms with Crippen LogP contribution in [0.5, 0.6) is 0 Å². The number of rotatable bonds is 17. The number of carboxylic acids is 1. The maximum Gasteiger partial charge on any atom is 0.326 e. The van der Waals surface area contributed by atoms with E-state index in [1.807, 2.05) is 27.0 Å². The standard InChI is InChI=1S/C22H41N5O6S/c1-6-12(3)17(24)20(30)27-18(13(4)7-2)21(31)25-14(10-11-34-5)19(29)26-15(22(32)33)8-9-16(23)28/h12-15,17-18H,6-11,24H2,1-5H3,(H2,23,28)(H,25,31)(H,26,29)(H,27,30)(H,32,33). The van der Waals surface area contributed by atoms with Crippen LogP contribution < -0.4 is 27.4 Å². The maximum atomic E-state index is 13.1. The Hall–Kier alpha value is -2.34. The van der Waals surface area contributed by atoms with Gasteiger partial charge < -0.3 is 32.5 Å². The molecule has 0 saturated heterocycles. The molecule has 0 aromatic heterocycles. The van der Waals surface area contributed by atoms with Crippen LogP contribution in [0.25, 0.3) is 0 Å². The Labute approximate surface area is 205 Å². The van der Waals surface area contributed by atoms with Crippen molar-refractivity contribution in [2.75, 3.05) is 12.0 Å². The van der Waals surface area contributed by atoms with Gasteiger partial charge in [0.1, 0.15) is 18.1 Å². The number of carboxylic acid groups (broad SMARTS) is 1. The molecule has 0 aliphatic heterocycles. The highest BCUT2D eigenvalue weighted by Crippen LogP contribution is 2.12. The fourth-order valence-electron chi connectivity index (χ4n) is 3.05. The summed E-state index contributed by atoms with van der Waals surface area (Å²) in [6.45, 7) is 7.45. The maximum absolute atomic E-state index is 13.1. The minimum atomic E-state index is -1.33. The molecule has 196 valence electrons. The van der Waals surface area contributed by atoms with E-state index in [2.05, 4.69) is 16.0 Å². The van der Waals surface area contributed by atoms with E-state index in [-0.39, 0.29) is 31.1 Å². The number of nitrogens with two attached hydrogens (primary N) is 2. The van der Waals surface area contributed by atoms with Crippen molar-refractivity contribution in [1.82, 2.24) is 16.0 Å². The van der Waals surface area contributed by atoms with Gasteiger partial charge in [-0.3, -0.25) is 19.2 Å². The molecule has 0 saturated carbocycles. The highest BCUT2D eigenvalue weighted by molar-refractivity contribution is 7.98. The molecule has 0 radical (unpaired) electrons. The Morgan fingerprint density at radius 1 is 0.853 bits per heavy atom. The summed E-state index contributed by atoms with van der Waals surface area (Å²) in [6, 6.07) is -4.04. The number of amides is 4. The third-order valence-electron chi connectivity index (χ3n) is 5.89. The predicted octanol–water partition coefficient (Wildman–Crippen LogP) is -0.0365. The first-order valence-corrected chi connectivity index (χ1v) is 12.9. The predicted molar refractivity (Wildman–Crippen MR) is 132 cm³/mol. The highest BCUT2D eigenvalue weighted by atomic mass is 32.2. The van der Waals surface area contributed by atoms with Crippen molar-refractivity contribution in [3.63, 3.8) is 0 Å². The van der Waals surface area contributed by atoms with E-state index in [1.54, 1.807) is 6.92 Å². The second-order valence-electron chi connectivity index (χ2n) is 8.53. The van der Waals surface area contributed by atoms with Gasteiger partial charge in [0.25, 0.3) is 0 Å². The zero-order valence-electron chi connectivity index (χ0n) is 20.8. The quantitative estimate of drug-likeness (QED) is 0.159. The van der Waals surface area contributed by atoms with Gasteiger partial charge in [-0.1, -0.05) is 40.5 Å². The Kier molecular flexibility index (Phi) is 15.2. The molecule has 8 N–H and O–H groups in total. The number of primary amides is 1. The van der Waals surface area contributed by atoms with Crippen molar-refractivity contribution in [2.45, 2.75) is 84.0 Å². The lowest BCUT2D eigenvalue weighted by atomic mass is 9.95. The van der Waals surface area contributed by atoms with E-state index in [0.717, 1.165) is 0 Å². The topological polar surface area (TPSA) is 194 Å². The van der Waals surface area contributed by atoms with Gasteiger partial charge in [-0.05, 0) is 36.7 Å². The summed E-state index contributed by atoms with van der Waals surface area (Å²) in [5.74, 6) is -3.47. The molecule has 0 spiro atoms. The molecule has 11 nitrogen and oxygen atoms in total. The lowest BCUT2D eigenvalue weighted by Gasteiger charge is -2.28. The molecule has 0 rings (SSSR count). The van der Waals surface area contributed by atoms with E-state index in [9.17, 15) is 29.1 Å². The van der Waals surface area contributed by atoms with Gasteiger partial charge in [0, 0.05) is 6.42 Å². The zero-order chi connectivity index (χ0) is 26.4. The van der Waals surface area contributed by atoms with Crippen LogP contribution in [0.1, 0.15) is 59.8 Å². The average molecular weight is 504 g/mol. The number of carbonyl (C=O) groups is 5. The number of aliphatic carboxylic acids is 1. The van der Waals surface area contributed by atoms with Gasteiger partial charge in [-0.15, -0.1) is 0 Å². The zero-order valence-corrected chi connectivity index (χ0v) is 21.6. The Morgan fingerprint density at radius 3 is 1.88 bits per heavy atom. The molecule has 0 heterocycles. The molecule has 6 atom stereocenters. The van der Waals surface area contributed by atoms with Crippen LogP contribution in [0.3, 0.4) is 0 Å². The van der Waals surface area contributed by atoms with Crippen molar-refractivity contribution >= 4 is 41.4 Å². The average Bonchev–Trinajstić information content (AvgIpc) is 2.80. The van der Waals surface area contributed by atoms with Gasteiger partial charge in [0.2, 0.25) is 23.6 Å². The second-order valence-corrected chi connectivity index (χ2v) is 9.52. The van der Waals surface area contributed by atoms with Crippen molar-refractivity contribution in [3.8, 4) is 0 Å². The van der Waals surface area contributed by atoms with Crippen molar-refractivity contribution in [2.24, 2.45) is 23.3 Å². The summed E-state index contributed by atoms with van der Waals surface area (Å²) in [7, 11) is 0. The number of nitrogens with one attached hydrogen (secondary N) is 3. The van der Waals surface area contributed by atoms with E-state index < -0.39 is 53.8 Å². The summed E-state index contributed by atoms with van der Waals surface area (Å²) in [4.78, 5) is 61.1. The first-order valence-electron chi connectivity index (χ1n) is 11.6. The molecule has 34 heavy (non-hydrogen) atoms. The smallest absolute Gasteiger partial charge is 0.326 e. The molecule has 0 aromatic carbocycles. The number of thioether (sulfide) groups is 1. The monoisotopic (exact) mass is 503 g/mol. The molecule has 0 fully saturated rings. The lowest BCUT2D eigenvalue weighted by molar-refractivity contribution is -0.142. The first-order chi connectivity index (χ1) is 15.9. The molecule has 4 amide bonds. The summed E-state index contributed by atoms with van der Waals surface area (Å²) in [5.41, 5.74) is 11.1. The molecule has 0 bridgehead atoms. The Bertz CT molecular complexity index is 707. The molecule has 0 aromatic rings. The number of hydrogen-bond acceptors (Lipinski definition) is 7. The molecule has 0 aliphatic rings. The number of carbonyl (C=O) groups excluding carboxylic acids is 4. The van der Waals surface area contributed by atoms with E-state index >= 15 is 0 Å². The Balaban J connectivity index is 5.55. The van der Waals surface area contributed by atoms with Crippen molar-refractivity contribution in [1.29, 1.82) is 0 Å². The van der Waals surface area contributed by atoms with Crippen LogP contribution in [0.2, 0.25) is 0 Å². The van der Waals surface area contributed by atoms with Crippen LogP contribution in [-0.2, 0) is 24.0 Å². The molecular formula is C22H41N5O6S. The fraction of sp³-hybridized carbons (Fsp3) is 0.773. The van der Waals surface area contributed by atoms with E-state index in [4.69, 9.17) is 11.5 Å². The molecule has 0 aliphatic carbocycles. The van der Waals surface area contributed by atoms with Crippen molar-refractivity contribution < 1.29 is 29.1 Å². The molecule has 6 unspecified atom stereocenters. The van der Waals surface area contributed by atoms with Gasteiger partial charge in [0.05, 0.1) is 6.04 Å².